The molecule has 0 saturated carbocycles. The lowest BCUT2D eigenvalue weighted by atomic mass is 10.1. The molecule has 0 aliphatic rings. The molecule has 1 unspecified atom stereocenters. The van der Waals surface area contributed by atoms with Gasteiger partial charge in [-0.3, -0.25) is 0 Å². The number of alkyl halides is 1. The van der Waals surface area contributed by atoms with Gasteiger partial charge in [-0.25, -0.2) is 4.39 Å². The Labute approximate surface area is 82.9 Å². The lowest BCUT2D eigenvalue weighted by Crippen LogP contribution is -2.09. The summed E-state index contributed by atoms with van der Waals surface area (Å²) in [6, 6.07) is 9.23. The standard InChI is InChI=1S/C11H12FNO/c1-9(12)8-14-11-5-3-2-4-10(11)6-7-13/h2-5,9H,6,8H2,1H3. The van der Waals surface area contributed by atoms with Crippen LogP contribution in [-0.4, -0.2) is 12.8 Å². The molecular weight excluding hydrogens is 181 g/mol. The summed E-state index contributed by atoms with van der Waals surface area (Å²) >= 11 is 0. The molecule has 14 heavy (non-hydrogen) atoms. The third-order valence-electron chi connectivity index (χ3n) is 1.71. The average molecular weight is 193 g/mol. The minimum Gasteiger partial charge on any atom is -0.490 e. The molecule has 0 aromatic heterocycles. The van der Waals surface area contributed by atoms with E-state index in [1.165, 1.54) is 6.92 Å². The van der Waals surface area contributed by atoms with E-state index in [4.69, 9.17) is 10.00 Å². The van der Waals surface area contributed by atoms with E-state index >= 15 is 0 Å². The number of hydrogen-bond donors (Lipinski definition) is 0. The first kappa shape index (κ1) is 10.5. The van der Waals surface area contributed by atoms with Gasteiger partial charge < -0.3 is 4.74 Å². The fourth-order valence-electron chi connectivity index (χ4n) is 1.08. The lowest BCUT2D eigenvalue weighted by molar-refractivity contribution is 0.208. The quantitative estimate of drug-likeness (QED) is 0.736. The normalized spacial score (nSPS) is 11.8. The molecule has 0 fully saturated rings. The second kappa shape index (κ2) is 5.23. The Balaban J connectivity index is 2.70. The zero-order chi connectivity index (χ0) is 10.4. The third kappa shape index (κ3) is 3.06. The molecule has 1 atom stereocenters. The minimum atomic E-state index is -0.995. The van der Waals surface area contributed by atoms with E-state index in [0.29, 0.717) is 5.75 Å². The van der Waals surface area contributed by atoms with Gasteiger partial charge in [-0.05, 0) is 13.0 Å². The Morgan fingerprint density at radius 1 is 1.50 bits per heavy atom. The first-order chi connectivity index (χ1) is 6.74. The van der Waals surface area contributed by atoms with Crippen LogP contribution in [0.5, 0.6) is 5.75 Å². The first-order valence-electron chi connectivity index (χ1n) is 4.45. The van der Waals surface area contributed by atoms with Crippen molar-refractivity contribution in [2.45, 2.75) is 19.5 Å². The molecule has 0 heterocycles. The van der Waals surface area contributed by atoms with Crippen molar-refractivity contribution in [3.8, 4) is 11.8 Å². The molecule has 0 saturated heterocycles. The zero-order valence-corrected chi connectivity index (χ0v) is 8.03. The molecule has 1 rings (SSSR count). The molecule has 1 aromatic carbocycles. The Morgan fingerprint density at radius 2 is 2.21 bits per heavy atom. The van der Waals surface area contributed by atoms with E-state index in [0.717, 1.165) is 5.56 Å². The second-order valence-electron chi connectivity index (χ2n) is 3.03. The van der Waals surface area contributed by atoms with Gasteiger partial charge in [0.25, 0.3) is 0 Å². The van der Waals surface area contributed by atoms with Crippen LogP contribution in [0.1, 0.15) is 12.5 Å². The summed E-state index contributed by atoms with van der Waals surface area (Å²) in [5, 5.41) is 8.54. The van der Waals surface area contributed by atoms with Gasteiger partial charge in [-0.2, -0.15) is 5.26 Å². The highest BCUT2D eigenvalue weighted by atomic mass is 19.1. The highest BCUT2D eigenvalue weighted by Gasteiger charge is 2.04. The fourth-order valence-corrected chi connectivity index (χ4v) is 1.08. The maximum Gasteiger partial charge on any atom is 0.131 e. The van der Waals surface area contributed by atoms with Crippen LogP contribution >= 0.6 is 0 Å². The number of para-hydroxylation sites is 1. The molecule has 0 aliphatic carbocycles. The van der Waals surface area contributed by atoms with Crippen molar-refractivity contribution in [2.75, 3.05) is 6.61 Å². The number of nitriles is 1. The van der Waals surface area contributed by atoms with Crippen LogP contribution in [0.25, 0.3) is 0 Å². The Morgan fingerprint density at radius 3 is 2.86 bits per heavy atom. The van der Waals surface area contributed by atoms with E-state index in [1.807, 2.05) is 12.1 Å². The van der Waals surface area contributed by atoms with Gasteiger partial charge in [0.15, 0.2) is 0 Å². The van der Waals surface area contributed by atoms with Crippen LogP contribution in [0.15, 0.2) is 24.3 Å². The van der Waals surface area contributed by atoms with Crippen LogP contribution in [-0.2, 0) is 6.42 Å². The van der Waals surface area contributed by atoms with Crippen LogP contribution < -0.4 is 4.74 Å². The molecule has 74 valence electrons. The van der Waals surface area contributed by atoms with Crippen LogP contribution in [0, 0.1) is 11.3 Å². The number of ether oxygens (including phenoxy) is 1. The predicted octanol–water partition coefficient (Wildman–Crippen LogP) is 2.49. The maximum atomic E-state index is 12.5. The summed E-state index contributed by atoms with van der Waals surface area (Å²) in [4.78, 5) is 0. The number of hydrogen-bond acceptors (Lipinski definition) is 2. The molecule has 2 nitrogen and oxygen atoms in total. The average Bonchev–Trinajstić information content (AvgIpc) is 2.17. The largest absolute Gasteiger partial charge is 0.490 e. The van der Waals surface area contributed by atoms with Crippen LogP contribution in [0.2, 0.25) is 0 Å². The molecule has 0 spiro atoms. The second-order valence-corrected chi connectivity index (χ2v) is 3.03. The summed E-state index contributed by atoms with van der Waals surface area (Å²) in [7, 11) is 0. The maximum absolute atomic E-state index is 12.5. The van der Waals surface area contributed by atoms with E-state index in [1.54, 1.807) is 18.2 Å². The highest BCUT2D eigenvalue weighted by molar-refractivity contribution is 5.35. The van der Waals surface area contributed by atoms with Crippen molar-refractivity contribution in [3.63, 3.8) is 0 Å². The number of halogens is 1. The topological polar surface area (TPSA) is 33.0 Å². The van der Waals surface area contributed by atoms with Crippen molar-refractivity contribution in [3.05, 3.63) is 29.8 Å². The molecule has 0 aliphatic heterocycles. The van der Waals surface area contributed by atoms with Crippen molar-refractivity contribution in [2.24, 2.45) is 0 Å². The number of nitrogens with zero attached hydrogens (tertiary/aromatic N) is 1. The summed E-state index contributed by atoms with van der Waals surface area (Å²) in [5.74, 6) is 0.596. The Bertz CT molecular complexity index is 330. The van der Waals surface area contributed by atoms with Crippen molar-refractivity contribution in [1.82, 2.24) is 0 Å². The smallest absolute Gasteiger partial charge is 0.131 e. The van der Waals surface area contributed by atoms with Gasteiger partial charge in [0.2, 0.25) is 0 Å². The zero-order valence-electron chi connectivity index (χ0n) is 8.03. The monoisotopic (exact) mass is 193 g/mol. The predicted molar refractivity (Wildman–Crippen MR) is 51.8 cm³/mol. The first-order valence-corrected chi connectivity index (χ1v) is 4.45. The van der Waals surface area contributed by atoms with Gasteiger partial charge in [0, 0.05) is 5.56 Å². The third-order valence-corrected chi connectivity index (χ3v) is 1.71. The highest BCUT2D eigenvalue weighted by Crippen LogP contribution is 2.18. The van der Waals surface area contributed by atoms with Crippen LogP contribution in [0.4, 0.5) is 4.39 Å². The summed E-state index contributed by atoms with van der Waals surface area (Å²) < 4.78 is 17.7. The van der Waals surface area contributed by atoms with Gasteiger partial charge >= 0.3 is 0 Å². The SMILES string of the molecule is CC(F)COc1ccccc1CC#N. The van der Waals surface area contributed by atoms with E-state index in [9.17, 15) is 4.39 Å². The summed E-state index contributed by atoms with van der Waals surface area (Å²) in [6.07, 6.45) is -0.707. The molecular formula is C11H12FNO. The van der Waals surface area contributed by atoms with Gasteiger partial charge in [0.05, 0.1) is 12.5 Å². The van der Waals surface area contributed by atoms with E-state index in [2.05, 4.69) is 0 Å². The van der Waals surface area contributed by atoms with E-state index in [-0.39, 0.29) is 13.0 Å². The Kier molecular flexibility index (Phi) is 3.93. The lowest BCUT2D eigenvalue weighted by Gasteiger charge is -2.09. The molecule has 0 bridgehead atoms. The van der Waals surface area contributed by atoms with Gasteiger partial charge in [-0.15, -0.1) is 0 Å². The minimum absolute atomic E-state index is 0.0302. The van der Waals surface area contributed by atoms with Gasteiger partial charge in [0.1, 0.15) is 18.5 Å². The number of rotatable bonds is 4. The van der Waals surface area contributed by atoms with Crippen LogP contribution in [0.3, 0.4) is 0 Å². The van der Waals surface area contributed by atoms with Crippen molar-refractivity contribution in [1.29, 1.82) is 5.26 Å². The van der Waals surface area contributed by atoms with Crippen molar-refractivity contribution < 1.29 is 9.13 Å². The fraction of sp³-hybridized carbons (Fsp3) is 0.364. The molecule has 0 amide bonds. The summed E-state index contributed by atoms with van der Waals surface area (Å²) in [5.41, 5.74) is 0.802. The summed E-state index contributed by atoms with van der Waals surface area (Å²) in [6.45, 7) is 1.47. The van der Waals surface area contributed by atoms with Crippen molar-refractivity contribution >= 4 is 0 Å². The van der Waals surface area contributed by atoms with Gasteiger partial charge in [-0.1, -0.05) is 18.2 Å². The van der Waals surface area contributed by atoms with E-state index < -0.39 is 6.17 Å². The molecule has 0 N–H and O–H groups in total. The molecule has 3 heteroatoms. The Hall–Kier alpha value is -1.56. The molecule has 1 aromatic rings. The molecule has 0 radical (unpaired) electrons. The number of benzene rings is 1.